The number of halogens is 4. The SMILES string of the molecule is O=C(C1CCC(C(F)(F)F)CC1)C1CCCC2=C(C1)N=C(Cl)CC(C(c1ccccc1)c1ccccc1)C2=O. The average Bonchev–Trinajstić information content (AvgIpc) is 3.20. The lowest BCUT2D eigenvalue weighted by atomic mass is 9.75. The van der Waals surface area contributed by atoms with Crippen molar-refractivity contribution in [2.24, 2.45) is 28.7 Å². The highest BCUT2D eigenvalue weighted by Gasteiger charge is 2.44. The molecule has 0 bridgehead atoms. The fourth-order valence-corrected chi connectivity index (χ4v) is 6.99. The zero-order valence-electron chi connectivity index (χ0n) is 21.8. The highest BCUT2D eigenvalue weighted by atomic mass is 35.5. The van der Waals surface area contributed by atoms with Crippen LogP contribution >= 0.6 is 11.6 Å². The van der Waals surface area contributed by atoms with Crippen molar-refractivity contribution in [3.63, 3.8) is 0 Å². The Bertz CT molecular complexity index is 1210. The van der Waals surface area contributed by atoms with Crippen molar-refractivity contribution in [3.8, 4) is 0 Å². The molecule has 2 aliphatic carbocycles. The third-order valence-corrected chi connectivity index (χ3v) is 9.00. The minimum absolute atomic E-state index is 0.00504. The summed E-state index contributed by atoms with van der Waals surface area (Å²) in [5.74, 6) is -2.58. The number of hydrogen-bond acceptors (Lipinski definition) is 3. The molecule has 0 saturated heterocycles. The number of allylic oxidation sites excluding steroid dienone is 2. The molecule has 2 aromatic carbocycles. The highest BCUT2D eigenvalue weighted by molar-refractivity contribution is 6.65. The Morgan fingerprint density at radius 1 is 0.846 bits per heavy atom. The van der Waals surface area contributed by atoms with Crippen LogP contribution in [-0.4, -0.2) is 22.9 Å². The smallest absolute Gasteiger partial charge is 0.299 e. The van der Waals surface area contributed by atoms with E-state index in [0.717, 1.165) is 11.1 Å². The van der Waals surface area contributed by atoms with Crippen LogP contribution in [-0.2, 0) is 9.59 Å². The molecule has 1 heterocycles. The number of aliphatic imine (C=N–C) groups is 1. The summed E-state index contributed by atoms with van der Waals surface area (Å²) in [6.07, 6.45) is -1.22. The van der Waals surface area contributed by atoms with Crippen LogP contribution in [0, 0.1) is 23.7 Å². The van der Waals surface area contributed by atoms with Crippen LogP contribution in [0.2, 0.25) is 0 Å². The predicted molar refractivity (Wildman–Crippen MR) is 147 cm³/mol. The Labute approximate surface area is 232 Å². The Hall–Kier alpha value is -2.73. The van der Waals surface area contributed by atoms with Gasteiger partial charge < -0.3 is 0 Å². The van der Waals surface area contributed by atoms with Crippen molar-refractivity contribution in [2.75, 3.05) is 0 Å². The Balaban J connectivity index is 1.40. The van der Waals surface area contributed by atoms with Gasteiger partial charge in [0.2, 0.25) is 0 Å². The molecule has 3 nitrogen and oxygen atoms in total. The van der Waals surface area contributed by atoms with Crippen molar-refractivity contribution >= 4 is 28.3 Å². The van der Waals surface area contributed by atoms with Gasteiger partial charge in [-0.25, -0.2) is 4.99 Å². The maximum atomic E-state index is 14.2. The molecule has 1 saturated carbocycles. The number of benzene rings is 2. The van der Waals surface area contributed by atoms with E-state index in [9.17, 15) is 22.8 Å². The Kier molecular flexibility index (Phi) is 8.41. The van der Waals surface area contributed by atoms with E-state index in [1.54, 1.807) is 0 Å². The first-order valence-electron chi connectivity index (χ1n) is 13.9. The summed E-state index contributed by atoms with van der Waals surface area (Å²) in [7, 11) is 0. The van der Waals surface area contributed by atoms with E-state index in [2.05, 4.69) is 0 Å². The van der Waals surface area contributed by atoms with Crippen molar-refractivity contribution in [2.45, 2.75) is 69.9 Å². The first-order chi connectivity index (χ1) is 18.7. The summed E-state index contributed by atoms with van der Waals surface area (Å²) in [6.45, 7) is 0. The largest absolute Gasteiger partial charge is 0.391 e. The maximum Gasteiger partial charge on any atom is 0.391 e. The number of hydrogen-bond donors (Lipinski definition) is 0. The molecule has 2 atom stereocenters. The number of ketones is 2. The molecule has 2 aromatic rings. The van der Waals surface area contributed by atoms with Gasteiger partial charge in [0, 0.05) is 41.4 Å². The van der Waals surface area contributed by atoms with E-state index in [-0.39, 0.29) is 55.0 Å². The van der Waals surface area contributed by atoms with Gasteiger partial charge in [0.05, 0.1) is 5.92 Å². The summed E-state index contributed by atoms with van der Waals surface area (Å²) in [4.78, 5) is 32.3. The van der Waals surface area contributed by atoms with Crippen molar-refractivity contribution in [3.05, 3.63) is 83.1 Å². The van der Waals surface area contributed by atoms with Crippen LogP contribution in [0.5, 0.6) is 0 Å². The van der Waals surface area contributed by atoms with Gasteiger partial charge in [0.1, 0.15) is 11.0 Å². The van der Waals surface area contributed by atoms with E-state index in [1.165, 1.54) is 0 Å². The molecule has 39 heavy (non-hydrogen) atoms. The lowest BCUT2D eigenvalue weighted by Crippen LogP contribution is -2.32. The number of rotatable bonds is 5. The van der Waals surface area contributed by atoms with E-state index in [0.29, 0.717) is 48.5 Å². The number of carbonyl (C=O) groups is 2. The van der Waals surface area contributed by atoms with Gasteiger partial charge in [0.25, 0.3) is 0 Å². The molecular formula is C32H33ClF3NO2. The molecule has 3 aliphatic rings. The second kappa shape index (κ2) is 11.8. The molecule has 0 radical (unpaired) electrons. The van der Waals surface area contributed by atoms with Crippen molar-refractivity contribution in [1.29, 1.82) is 0 Å². The molecule has 1 fully saturated rings. The van der Waals surface area contributed by atoms with Crippen molar-refractivity contribution in [1.82, 2.24) is 0 Å². The fraction of sp³-hybridized carbons (Fsp3) is 0.469. The van der Waals surface area contributed by atoms with Gasteiger partial charge >= 0.3 is 6.18 Å². The van der Waals surface area contributed by atoms with Crippen LogP contribution < -0.4 is 0 Å². The zero-order valence-corrected chi connectivity index (χ0v) is 22.6. The summed E-state index contributed by atoms with van der Waals surface area (Å²) < 4.78 is 39.4. The zero-order chi connectivity index (χ0) is 27.6. The summed E-state index contributed by atoms with van der Waals surface area (Å²) in [6, 6.07) is 19.9. The number of alkyl halides is 3. The number of nitrogens with zero attached hydrogens (tertiary/aromatic N) is 1. The molecule has 206 valence electrons. The summed E-state index contributed by atoms with van der Waals surface area (Å²) in [5, 5.41) is 0.356. The van der Waals surface area contributed by atoms with Crippen LogP contribution in [0.1, 0.15) is 74.8 Å². The van der Waals surface area contributed by atoms with Crippen molar-refractivity contribution < 1.29 is 22.8 Å². The second-order valence-corrected chi connectivity index (χ2v) is 11.6. The van der Waals surface area contributed by atoms with Gasteiger partial charge in [-0.1, -0.05) is 72.3 Å². The van der Waals surface area contributed by atoms with Crippen LogP contribution in [0.15, 0.2) is 76.9 Å². The van der Waals surface area contributed by atoms with Crippen LogP contribution in [0.25, 0.3) is 0 Å². The molecule has 1 aliphatic heterocycles. The van der Waals surface area contributed by atoms with Gasteiger partial charge in [-0.3, -0.25) is 9.59 Å². The fourth-order valence-electron chi connectivity index (χ4n) is 6.73. The van der Waals surface area contributed by atoms with E-state index >= 15 is 0 Å². The molecule has 0 amide bonds. The molecule has 0 aromatic heterocycles. The summed E-state index contributed by atoms with van der Waals surface area (Å²) in [5.41, 5.74) is 3.31. The van der Waals surface area contributed by atoms with Gasteiger partial charge in [0.15, 0.2) is 5.78 Å². The number of carbonyl (C=O) groups excluding carboxylic acids is 2. The normalized spacial score (nSPS) is 26.5. The standard InChI is InChI=1S/C32H33ClF3NO2/c33-28-19-26(29(20-8-3-1-4-9-20)21-10-5-2-6-11-21)31(39)25-13-7-12-23(18-27(25)37-28)30(38)22-14-16-24(17-15-22)32(34,35)36/h1-6,8-11,22-24,26,29H,7,12-19H2. The Morgan fingerprint density at radius 2 is 1.44 bits per heavy atom. The van der Waals surface area contributed by atoms with E-state index < -0.39 is 18.0 Å². The second-order valence-electron chi connectivity index (χ2n) is 11.2. The minimum atomic E-state index is -4.20. The quantitative estimate of drug-likeness (QED) is 0.372. The topological polar surface area (TPSA) is 46.5 Å². The van der Waals surface area contributed by atoms with E-state index in [1.807, 2.05) is 60.7 Å². The first kappa shape index (κ1) is 27.8. The molecule has 5 rings (SSSR count). The van der Waals surface area contributed by atoms with Gasteiger partial charge in [-0.15, -0.1) is 0 Å². The summed E-state index contributed by atoms with van der Waals surface area (Å²) >= 11 is 6.68. The lowest BCUT2D eigenvalue weighted by molar-refractivity contribution is -0.184. The third-order valence-electron chi connectivity index (χ3n) is 8.76. The van der Waals surface area contributed by atoms with Crippen LogP contribution in [0.3, 0.4) is 0 Å². The monoisotopic (exact) mass is 555 g/mol. The minimum Gasteiger partial charge on any atom is -0.299 e. The Morgan fingerprint density at radius 3 is 2.00 bits per heavy atom. The molecule has 2 unspecified atom stereocenters. The highest BCUT2D eigenvalue weighted by Crippen LogP contribution is 2.44. The van der Waals surface area contributed by atoms with Gasteiger partial charge in [-0.05, 0) is 62.5 Å². The maximum absolute atomic E-state index is 14.2. The van der Waals surface area contributed by atoms with E-state index in [4.69, 9.17) is 16.6 Å². The van der Waals surface area contributed by atoms with Crippen LogP contribution in [0.4, 0.5) is 13.2 Å². The lowest BCUT2D eigenvalue weighted by Gasteiger charge is -2.30. The predicted octanol–water partition coefficient (Wildman–Crippen LogP) is 8.43. The molecule has 0 spiro atoms. The first-order valence-corrected chi connectivity index (χ1v) is 14.3. The molecular weight excluding hydrogens is 523 g/mol. The third kappa shape index (κ3) is 6.21. The molecule has 7 heteroatoms. The average molecular weight is 556 g/mol. The molecule has 0 N–H and O–H groups in total. The number of Topliss-reactive ketones (excluding diaryl/α,β-unsaturated/α-hetero) is 2. The van der Waals surface area contributed by atoms with Gasteiger partial charge in [-0.2, -0.15) is 13.2 Å².